The molecule has 1 aliphatic rings. The molecule has 5 heteroatoms. The fraction of sp³-hybridized carbons (Fsp3) is 0.600. The standard InChI is InChI=1S/C10H14N2O2S/c1-10(2,9-11-3-4-15-9)12-6-7(13)5-8(12)14/h3-4,7,13H,5-6H2,1-2H3. The number of rotatable bonds is 2. The zero-order valence-corrected chi connectivity index (χ0v) is 9.62. The quantitative estimate of drug-likeness (QED) is 0.817. The van der Waals surface area contributed by atoms with Gasteiger partial charge in [0.25, 0.3) is 0 Å². The monoisotopic (exact) mass is 226 g/mol. The van der Waals surface area contributed by atoms with Gasteiger partial charge in [-0.05, 0) is 13.8 Å². The van der Waals surface area contributed by atoms with Crippen molar-refractivity contribution in [2.75, 3.05) is 6.54 Å². The van der Waals surface area contributed by atoms with Crippen molar-refractivity contribution in [3.63, 3.8) is 0 Å². The second-order valence-corrected chi connectivity index (χ2v) is 5.15. The second-order valence-electron chi connectivity index (χ2n) is 4.26. The Labute approximate surface area is 92.6 Å². The average molecular weight is 226 g/mol. The molecule has 0 spiro atoms. The molecule has 15 heavy (non-hydrogen) atoms. The third kappa shape index (κ3) is 1.77. The lowest BCUT2D eigenvalue weighted by Gasteiger charge is -2.33. The van der Waals surface area contributed by atoms with Crippen LogP contribution in [0.25, 0.3) is 0 Å². The fourth-order valence-electron chi connectivity index (χ4n) is 1.87. The molecule has 1 aromatic rings. The normalized spacial score (nSPS) is 22.5. The highest BCUT2D eigenvalue weighted by molar-refractivity contribution is 7.09. The summed E-state index contributed by atoms with van der Waals surface area (Å²) in [5.74, 6) is 0.00250. The number of thiazole rings is 1. The van der Waals surface area contributed by atoms with Gasteiger partial charge in [-0.2, -0.15) is 0 Å². The summed E-state index contributed by atoms with van der Waals surface area (Å²) in [5, 5.41) is 12.3. The van der Waals surface area contributed by atoms with Gasteiger partial charge < -0.3 is 10.0 Å². The van der Waals surface area contributed by atoms with E-state index in [9.17, 15) is 9.90 Å². The van der Waals surface area contributed by atoms with Gasteiger partial charge in [0.05, 0.1) is 18.1 Å². The molecule has 1 fully saturated rings. The van der Waals surface area contributed by atoms with Crippen molar-refractivity contribution in [2.45, 2.75) is 31.9 Å². The minimum Gasteiger partial charge on any atom is -0.391 e. The van der Waals surface area contributed by atoms with E-state index in [0.717, 1.165) is 5.01 Å². The zero-order chi connectivity index (χ0) is 11.1. The van der Waals surface area contributed by atoms with Crippen LogP contribution in [0.5, 0.6) is 0 Å². The maximum absolute atomic E-state index is 11.7. The SMILES string of the molecule is CC(C)(c1nccs1)N1CC(O)CC1=O. The van der Waals surface area contributed by atoms with Crippen LogP contribution in [0, 0.1) is 0 Å². The van der Waals surface area contributed by atoms with Gasteiger partial charge in [-0.15, -0.1) is 11.3 Å². The Bertz CT molecular complexity index is 362. The summed E-state index contributed by atoms with van der Waals surface area (Å²) in [6.07, 6.45) is 1.44. The summed E-state index contributed by atoms with van der Waals surface area (Å²) < 4.78 is 0. The minimum atomic E-state index is -0.531. The summed E-state index contributed by atoms with van der Waals surface area (Å²) >= 11 is 1.53. The van der Waals surface area contributed by atoms with E-state index in [1.54, 1.807) is 11.1 Å². The lowest BCUT2D eigenvalue weighted by Crippen LogP contribution is -2.42. The van der Waals surface area contributed by atoms with Gasteiger partial charge in [0.15, 0.2) is 0 Å². The van der Waals surface area contributed by atoms with E-state index in [-0.39, 0.29) is 12.3 Å². The first-order chi connectivity index (χ1) is 7.01. The summed E-state index contributed by atoms with van der Waals surface area (Å²) in [6, 6.07) is 0. The minimum absolute atomic E-state index is 0.00250. The van der Waals surface area contributed by atoms with Gasteiger partial charge in [-0.1, -0.05) is 0 Å². The number of aliphatic hydroxyl groups is 1. The summed E-state index contributed by atoms with van der Waals surface area (Å²) in [5.41, 5.74) is -0.414. The molecule has 0 bridgehead atoms. The molecule has 1 aromatic heterocycles. The molecule has 4 nitrogen and oxygen atoms in total. The predicted molar refractivity (Wildman–Crippen MR) is 57.5 cm³/mol. The number of likely N-dealkylation sites (tertiary alicyclic amines) is 1. The third-order valence-electron chi connectivity index (χ3n) is 2.74. The van der Waals surface area contributed by atoms with Crippen molar-refractivity contribution < 1.29 is 9.90 Å². The van der Waals surface area contributed by atoms with Crippen molar-refractivity contribution in [3.8, 4) is 0 Å². The smallest absolute Gasteiger partial charge is 0.226 e. The Morgan fingerprint density at radius 2 is 2.40 bits per heavy atom. The number of carbonyl (C=O) groups excluding carboxylic acids is 1. The van der Waals surface area contributed by atoms with Crippen LogP contribution in [-0.2, 0) is 10.3 Å². The first-order valence-corrected chi connectivity index (χ1v) is 5.78. The maximum atomic E-state index is 11.7. The molecular formula is C10H14N2O2S. The first kappa shape index (κ1) is 10.6. The Balaban J connectivity index is 2.26. The van der Waals surface area contributed by atoms with E-state index in [0.29, 0.717) is 6.54 Å². The number of amides is 1. The molecule has 82 valence electrons. The number of hydrogen-bond acceptors (Lipinski definition) is 4. The highest BCUT2D eigenvalue weighted by Gasteiger charge is 2.40. The Hall–Kier alpha value is -0.940. The van der Waals surface area contributed by atoms with Gasteiger partial charge in [-0.25, -0.2) is 4.98 Å². The van der Waals surface area contributed by atoms with Crippen LogP contribution in [0.3, 0.4) is 0 Å². The first-order valence-electron chi connectivity index (χ1n) is 4.90. The van der Waals surface area contributed by atoms with Crippen LogP contribution in [0.2, 0.25) is 0 Å². The third-order valence-corrected chi connectivity index (χ3v) is 3.82. The van der Waals surface area contributed by atoms with Crippen molar-refractivity contribution in [3.05, 3.63) is 16.6 Å². The molecule has 1 aliphatic heterocycles. The van der Waals surface area contributed by atoms with Crippen molar-refractivity contribution in [1.82, 2.24) is 9.88 Å². The molecule has 0 radical (unpaired) electrons. The van der Waals surface area contributed by atoms with Gasteiger partial charge >= 0.3 is 0 Å². The van der Waals surface area contributed by atoms with Crippen LogP contribution >= 0.6 is 11.3 Å². The summed E-state index contributed by atoms with van der Waals surface area (Å²) in [6.45, 7) is 4.33. The van der Waals surface area contributed by atoms with Crippen LogP contribution in [0.4, 0.5) is 0 Å². The van der Waals surface area contributed by atoms with Crippen molar-refractivity contribution in [2.24, 2.45) is 0 Å². The molecular weight excluding hydrogens is 212 g/mol. The van der Waals surface area contributed by atoms with Crippen LogP contribution < -0.4 is 0 Å². The highest BCUT2D eigenvalue weighted by atomic mass is 32.1. The summed E-state index contributed by atoms with van der Waals surface area (Å²) in [4.78, 5) is 17.6. The highest BCUT2D eigenvalue weighted by Crippen LogP contribution is 2.32. The molecule has 2 heterocycles. The summed E-state index contributed by atoms with van der Waals surface area (Å²) in [7, 11) is 0. The van der Waals surface area contributed by atoms with Gasteiger partial charge in [-0.3, -0.25) is 4.79 Å². The Morgan fingerprint density at radius 1 is 1.67 bits per heavy atom. The Morgan fingerprint density at radius 3 is 2.87 bits per heavy atom. The van der Waals surface area contributed by atoms with E-state index in [1.165, 1.54) is 11.3 Å². The Kier molecular flexibility index (Phi) is 2.52. The number of nitrogens with zero attached hydrogens (tertiary/aromatic N) is 2. The molecule has 1 N–H and O–H groups in total. The van der Waals surface area contributed by atoms with E-state index in [2.05, 4.69) is 4.98 Å². The van der Waals surface area contributed by atoms with Crippen molar-refractivity contribution in [1.29, 1.82) is 0 Å². The molecule has 2 rings (SSSR count). The van der Waals surface area contributed by atoms with E-state index in [1.807, 2.05) is 19.2 Å². The maximum Gasteiger partial charge on any atom is 0.226 e. The second kappa shape index (κ2) is 3.57. The van der Waals surface area contributed by atoms with E-state index < -0.39 is 11.6 Å². The van der Waals surface area contributed by atoms with E-state index >= 15 is 0 Å². The largest absolute Gasteiger partial charge is 0.391 e. The van der Waals surface area contributed by atoms with Gasteiger partial charge in [0.1, 0.15) is 5.01 Å². The fourth-order valence-corrected chi connectivity index (χ4v) is 2.64. The lowest BCUT2D eigenvalue weighted by molar-refractivity contribution is -0.132. The lowest BCUT2D eigenvalue weighted by atomic mass is 10.0. The number of carbonyl (C=O) groups is 1. The molecule has 0 aromatic carbocycles. The molecule has 1 amide bonds. The number of aliphatic hydroxyl groups excluding tert-OH is 1. The zero-order valence-electron chi connectivity index (χ0n) is 8.80. The van der Waals surface area contributed by atoms with Crippen LogP contribution in [-0.4, -0.2) is 33.5 Å². The van der Waals surface area contributed by atoms with E-state index in [4.69, 9.17) is 0 Å². The number of hydrogen-bond donors (Lipinski definition) is 1. The average Bonchev–Trinajstić information content (AvgIpc) is 2.74. The van der Waals surface area contributed by atoms with Gasteiger partial charge in [0.2, 0.25) is 5.91 Å². The van der Waals surface area contributed by atoms with Crippen LogP contribution in [0.1, 0.15) is 25.3 Å². The molecule has 0 saturated carbocycles. The van der Waals surface area contributed by atoms with Crippen molar-refractivity contribution >= 4 is 17.2 Å². The van der Waals surface area contributed by atoms with Crippen LogP contribution in [0.15, 0.2) is 11.6 Å². The predicted octanol–water partition coefficient (Wildman–Crippen LogP) is 0.971. The molecule has 1 saturated heterocycles. The molecule has 1 unspecified atom stereocenters. The number of β-amino-alcohol motifs (C(OH)–C–C–N with tert-alkyl or cyclic N) is 1. The molecule has 0 aliphatic carbocycles. The topological polar surface area (TPSA) is 53.4 Å². The number of aromatic nitrogens is 1. The molecule has 1 atom stereocenters. The van der Waals surface area contributed by atoms with Gasteiger partial charge in [0, 0.05) is 18.1 Å².